The lowest BCUT2D eigenvalue weighted by molar-refractivity contribution is -0.138. The van der Waals surface area contributed by atoms with E-state index in [1.165, 1.54) is 0 Å². The summed E-state index contributed by atoms with van der Waals surface area (Å²) < 4.78 is 9.55. The number of alkyl carbamates (subject to hydrolysis) is 1. The monoisotopic (exact) mass is 215 g/mol. The maximum absolute atomic E-state index is 10.9. The molecule has 0 aromatic carbocycles. The average Bonchev–Trinajstić information content (AvgIpc) is 2.10. The van der Waals surface area contributed by atoms with Crippen LogP contribution in [-0.2, 0) is 14.3 Å². The van der Waals surface area contributed by atoms with Gasteiger partial charge in [-0.25, -0.2) is 9.59 Å². The Morgan fingerprint density at radius 2 is 2.00 bits per heavy atom. The van der Waals surface area contributed by atoms with Crippen LogP contribution in [-0.4, -0.2) is 31.3 Å². The Labute approximate surface area is 89.4 Å². The third kappa shape index (κ3) is 7.54. The first kappa shape index (κ1) is 13.5. The topological polar surface area (TPSA) is 64.6 Å². The predicted octanol–water partition coefficient (Wildman–Crippen LogP) is 1.24. The molecule has 1 N–H and O–H groups in total. The van der Waals surface area contributed by atoms with Crippen molar-refractivity contribution in [1.29, 1.82) is 0 Å². The Bertz CT molecular complexity index is 248. The molecular weight excluding hydrogens is 198 g/mol. The minimum Gasteiger partial charge on any atom is -0.460 e. The summed E-state index contributed by atoms with van der Waals surface area (Å²) in [6.07, 6.45) is -0.681. The summed E-state index contributed by atoms with van der Waals surface area (Å²) in [4.78, 5) is 21.8. The maximum atomic E-state index is 10.9. The largest absolute Gasteiger partial charge is 0.460 e. The third-order valence-corrected chi connectivity index (χ3v) is 1.30. The molecule has 0 aliphatic heterocycles. The second-order valence-corrected chi connectivity index (χ2v) is 3.30. The summed E-state index contributed by atoms with van der Waals surface area (Å²) in [6.45, 7) is 8.82. The van der Waals surface area contributed by atoms with E-state index in [2.05, 4.69) is 11.9 Å². The molecule has 0 spiro atoms. The third-order valence-electron chi connectivity index (χ3n) is 1.30. The molecule has 0 saturated carbocycles. The minimum absolute atomic E-state index is 0.110. The molecule has 0 aromatic rings. The van der Waals surface area contributed by atoms with Crippen LogP contribution in [0, 0.1) is 0 Å². The van der Waals surface area contributed by atoms with Crippen molar-refractivity contribution in [3.8, 4) is 0 Å². The van der Waals surface area contributed by atoms with Crippen molar-refractivity contribution in [3.63, 3.8) is 0 Å². The molecule has 0 heterocycles. The van der Waals surface area contributed by atoms with Gasteiger partial charge >= 0.3 is 12.1 Å². The summed E-state index contributed by atoms with van der Waals surface area (Å²) >= 11 is 0. The van der Waals surface area contributed by atoms with Gasteiger partial charge in [0.15, 0.2) is 0 Å². The molecule has 0 saturated heterocycles. The van der Waals surface area contributed by atoms with Crippen LogP contribution in [0.4, 0.5) is 4.79 Å². The molecule has 0 fully saturated rings. The summed E-state index contributed by atoms with van der Waals surface area (Å²) in [6, 6.07) is 0. The fourth-order valence-corrected chi connectivity index (χ4v) is 0.676. The van der Waals surface area contributed by atoms with Crippen LogP contribution < -0.4 is 5.32 Å². The quantitative estimate of drug-likeness (QED) is 0.425. The molecular formula is C10H17NO4. The van der Waals surface area contributed by atoms with Gasteiger partial charge in [0.1, 0.15) is 6.61 Å². The Kier molecular flexibility index (Phi) is 6.17. The lowest BCUT2D eigenvalue weighted by Crippen LogP contribution is -2.30. The van der Waals surface area contributed by atoms with Gasteiger partial charge in [-0.1, -0.05) is 6.58 Å². The van der Waals surface area contributed by atoms with Crippen LogP contribution in [0.5, 0.6) is 0 Å². The van der Waals surface area contributed by atoms with E-state index in [0.29, 0.717) is 5.57 Å². The Morgan fingerprint density at radius 1 is 1.40 bits per heavy atom. The molecule has 5 nitrogen and oxygen atoms in total. The molecule has 1 amide bonds. The van der Waals surface area contributed by atoms with Gasteiger partial charge in [0.25, 0.3) is 0 Å². The fraction of sp³-hybridized carbons (Fsp3) is 0.600. The van der Waals surface area contributed by atoms with Gasteiger partial charge in [-0.05, 0) is 20.8 Å². The van der Waals surface area contributed by atoms with E-state index in [9.17, 15) is 9.59 Å². The van der Waals surface area contributed by atoms with E-state index >= 15 is 0 Å². The van der Waals surface area contributed by atoms with Crippen LogP contribution >= 0.6 is 0 Å². The van der Waals surface area contributed by atoms with Crippen molar-refractivity contribution in [1.82, 2.24) is 5.32 Å². The smallest absolute Gasteiger partial charge is 0.407 e. The van der Waals surface area contributed by atoms with E-state index in [0.717, 1.165) is 0 Å². The van der Waals surface area contributed by atoms with Gasteiger partial charge in [-0.15, -0.1) is 0 Å². The van der Waals surface area contributed by atoms with E-state index < -0.39 is 12.1 Å². The molecule has 0 aromatic heterocycles. The van der Waals surface area contributed by atoms with E-state index in [1.807, 2.05) is 0 Å². The number of carbonyl (C=O) groups excluding carboxylic acids is 2. The van der Waals surface area contributed by atoms with Gasteiger partial charge in [0, 0.05) is 5.57 Å². The number of hydrogen-bond acceptors (Lipinski definition) is 4. The molecule has 0 unspecified atom stereocenters. The fourth-order valence-electron chi connectivity index (χ4n) is 0.676. The Balaban J connectivity index is 3.50. The number of rotatable bonds is 5. The number of nitrogens with one attached hydrogen (secondary N) is 1. The van der Waals surface area contributed by atoms with Crippen molar-refractivity contribution >= 4 is 12.1 Å². The maximum Gasteiger partial charge on any atom is 0.407 e. The van der Waals surface area contributed by atoms with Crippen LogP contribution in [0.3, 0.4) is 0 Å². The Hall–Kier alpha value is -1.52. The molecule has 0 aliphatic carbocycles. The summed E-state index contributed by atoms with van der Waals surface area (Å²) in [5.41, 5.74) is 0.333. The SMILES string of the molecule is C=C(C)C(=O)OCCNC(=O)OC(C)C. The molecule has 0 atom stereocenters. The molecule has 0 aliphatic rings. The zero-order valence-electron chi connectivity index (χ0n) is 9.33. The van der Waals surface area contributed by atoms with Crippen molar-refractivity contribution in [2.75, 3.05) is 13.2 Å². The van der Waals surface area contributed by atoms with Crippen molar-refractivity contribution < 1.29 is 19.1 Å². The van der Waals surface area contributed by atoms with Gasteiger partial charge in [0.05, 0.1) is 12.6 Å². The average molecular weight is 215 g/mol. The molecule has 15 heavy (non-hydrogen) atoms. The summed E-state index contributed by atoms with van der Waals surface area (Å²) in [5, 5.41) is 2.44. The van der Waals surface area contributed by atoms with Gasteiger partial charge < -0.3 is 14.8 Å². The minimum atomic E-state index is -0.517. The van der Waals surface area contributed by atoms with Gasteiger partial charge in [0.2, 0.25) is 0 Å². The second kappa shape index (κ2) is 6.86. The standard InChI is InChI=1S/C10H17NO4/c1-7(2)9(12)14-6-5-11-10(13)15-8(3)4/h8H,1,5-6H2,2-4H3,(H,11,13). The number of esters is 1. The zero-order chi connectivity index (χ0) is 11.8. The zero-order valence-corrected chi connectivity index (χ0v) is 9.33. The molecule has 5 heteroatoms. The summed E-state index contributed by atoms with van der Waals surface area (Å²) in [5.74, 6) is -0.464. The van der Waals surface area contributed by atoms with Crippen molar-refractivity contribution in [2.24, 2.45) is 0 Å². The molecule has 0 rings (SSSR count). The predicted molar refractivity (Wildman–Crippen MR) is 55.4 cm³/mol. The van der Waals surface area contributed by atoms with Crippen LogP contribution in [0.15, 0.2) is 12.2 Å². The highest BCUT2D eigenvalue weighted by molar-refractivity contribution is 5.86. The first-order chi connectivity index (χ1) is 6.93. The first-order valence-electron chi connectivity index (χ1n) is 4.70. The van der Waals surface area contributed by atoms with Crippen molar-refractivity contribution in [3.05, 3.63) is 12.2 Å². The van der Waals surface area contributed by atoms with E-state index in [4.69, 9.17) is 9.47 Å². The molecule has 86 valence electrons. The number of carbonyl (C=O) groups is 2. The summed E-state index contributed by atoms with van der Waals surface area (Å²) in [7, 11) is 0. The van der Waals surface area contributed by atoms with Crippen LogP contribution in [0.2, 0.25) is 0 Å². The van der Waals surface area contributed by atoms with Crippen molar-refractivity contribution in [2.45, 2.75) is 26.9 Å². The number of hydrogen-bond donors (Lipinski definition) is 1. The van der Waals surface area contributed by atoms with Crippen LogP contribution in [0.25, 0.3) is 0 Å². The highest BCUT2D eigenvalue weighted by atomic mass is 16.6. The van der Waals surface area contributed by atoms with E-state index in [-0.39, 0.29) is 19.3 Å². The molecule has 0 bridgehead atoms. The highest BCUT2D eigenvalue weighted by Gasteiger charge is 2.05. The van der Waals surface area contributed by atoms with Crippen LogP contribution in [0.1, 0.15) is 20.8 Å². The van der Waals surface area contributed by atoms with E-state index in [1.54, 1.807) is 20.8 Å². The number of amides is 1. The second-order valence-electron chi connectivity index (χ2n) is 3.30. The molecule has 0 radical (unpaired) electrons. The lowest BCUT2D eigenvalue weighted by atomic mass is 10.4. The Morgan fingerprint density at radius 3 is 2.47 bits per heavy atom. The first-order valence-corrected chi connectivity index (χ1v) is 4.70. The van der Waals surface area contributed by atoms with Gasteiger partial charge in [-0.3, -0.25) is 0 Å². The van der Waals surface area contributed by atoms with Gasteiger partial charge in [-0.2, -0.15) is 0 Å². The normalized spacial score (nSPS) is 9.60. The number of ether oxygens (including phenoxy) is 2. The highest BCUT2D eigenvalue weighted by Crippen LogP contribution is 1.91. The lowest BCUT2D eigenvalue weighted by Gasteiger charge is -2.09.